The van der Waals surface area contributed by atoms with Crippen molar-refractivity contribution in [3.05, 3.63) is 41.5 Å². The van der Waals surface area contributed by atoms with Gasteiger partial charge in [0.25, 0.3) is 5.69 Å². The fraction of sp³-hybridized carbons (Fsp3) is 0.423. The van der Waals surface area contributed by atoms with Gasteiger partial charge in [0, 0.05) is 22.8 Å². The molecule has 1 aliphatic rings. The van der Waals surface area contributed by atoms with Crippen molar-refractivity contribution in [3.8, 4) is 17.2 Å². The van der Waals surface area contributed by atoms with Gasteiger partial charge in [0.15, 0.2) is 17.3 Å². The number of carbonyl (C=O) groups excluding carboxylic acids is 2. The molecule has 0 bridgehead atoms. The number of cyclic esters (lactones) is 1. The summed E-state index contributed by atoms with van der Waals surface area (Å²) in [5.74, 6) is 1.28. The molecule has 36 heavy (non-hydrogen) atoms. The van der Waals surface area contributed by atoms with Crippen molar-refractivity contribution in [2.24, 2.45) is 0 Å². The second kappa shape index (κ2) is 12.0. The number of methoxy groups -OCH3 is 2. The van der Waals surface area contributed by atoms with E-state index in [0.29, 0.717) is 60.8 Å². The highest BCUT2D eigenvalue weighted by atomic mass is 32.1. The number of amides is 1. The van der Waals surface area contributed by atoms with Crippen LogP contribution in [0.4, 0.5) is 16.2 Å². The smallest absolute Gasteiger partial charge is 0.412 e. The highest BCUT2D eigenvalue weighted by molar-refractivity contribution is 7.74. The second-order valence-corrected chi connectivity index (χ2v) is 8.42. The number of ether oxygens (including phenoxy) is 4. The van der Waals surface area contributed by atoms with Crippen LogP contribution in [0.2, 0.25) is 0 Å². The van der Waals surface area contributed by atoms with E-state index < -0.39 is 11.7 Å². The van der Waals surface area contributed by atoms with E-state index in [0.717, 1.165) is 11.3 Å². The summed E-state index contributed by atoms with van der Waals surface area (Å²) in [7, 11) is 2.99. The Hall–Kier alpha value is -3.40. The van der Waals surface area contributed by atoms with Crippen molar-refractivity contribution in [1.82, 2.24) is 0 Å². The van der Waals surface area contributed by atoms with Crippen LogP contribution in [0.25, 0.3) is 0 Å². The summed E-state index contributed by atoms with van der Waals surface area (Å²) in [4.78, 5) is 24.3. The fourth-order valence-corrected chi connectivity index (χ4v) is 4.49. The third-order valence-corrected chi connectivity index (χ3v) is 6.44. The van der Waals surface area contributed by atoms with Crippen LogP contribution in [0.5, 0.6) is 17.2 Å². The lowest BCUT2D eigenvalue weighted by Gasteiger charge is -2.37. The summed E-state index contributed by atoms with van der Waals surface area (Å²) >= 11 is 3.96. The molecule has 0 spiro atoms. The lowest BCUT2D eigenvalue weighted by atomic mass is 9.86. The summed E-state index contributed by atoms with van der Waals surface area (Å²) < 4.78 is 29.0. The Bertz CT molecular complexity index is 1150. The number of anilines is 1. The minimum atomic E-state index is -0.664. The zero-order chi connectivity index (χ0) is 26.3. The second-order valence-electron chi connectivity index (χ2n) is 8.26. The van der Waals surface area contributed by atoms with Gasteiger partial charge >= 0.3 is 6.09 Å². The van der Waals surface area contributed by atoms with Crippen LogP contribution in [0, 0.1) is 0 Å². The highest BCUT2D eigenvalue weighted by Crippen LogP contribution is 2.42. The molecule has 3 rings (SSSR count). The van der Waals surface area contributed by atoms with E-state index in [1.807, 2.05) is 32.0 Å². The predicted octanol–water partition coefficient (Wildman–Crippen LogP) is 5.83. The molecule has 194 valence electrons. The highest BCUT2D eigenvalue weighted by Gasteiger charge is 2.39. The van der Waals surface area contributed by atoms with Gasteiger partial charge in [-0.15, -0.1) is 0 Å². The Balaban J connectivity index is 1.71. The molecule has 0 aromatic heterocycles. The van der Waals surface area contributed by atoms with Gasteiger partial charge in [0.2, 0.25) is 6.21 Å². The molecule has 0 saturated carbocycles. The monoisotopic (exact) mass is 517 g/mol. The normalized spacial score (nSPS) is 14.3. The van der Waals surface area contributed by atoms with Gasteiger partial charge in [-0.1, -0.05) is 13.8 Å². The number of hydrogen-bond donors (Lipinski definition) is 2. The first-order valence-corrected chi connectivity index (χ1v) is 12.2. The van der Waals surface area contributed by atoms with E-state index >= 15 is 0 Å². The molecule has 1 amide bonds. The molecule has 1 aliphatic heterocycles. The van der Waals surface area contributed by atoms with E-state index in [1.165, 1.54) is 25.9 Å². The van der Waals surface area contributed by atoms with Crippen molar-refractivity contribution in [3.63, 3.8) is 0 Å². The molecule has 0 atom stereocenters. The van der Waals surface area contributed by atoms with E-state index in [4.69, 9.17) is 23.2 Å². The van der Waals surface area contributed by atoms with E-state index in [9.17, 15) is 9.59 Å². The maximum absolute atomic E-state index is 12.4. The first kappa shape index (κ1) is 27.2. The van der Waals surface area contributed by atoms with Gasteiger partial charge in [0.05, 0.1) is 26.5 Å². The molecule has 2 aromatic carbocycles. The van der Waals surface area contributed by atoms with Gasteiger partial charge in [-0.2, -0.15) is 4.28 Å². The van der Waals surface area contributed by atoms with Crippen molar-refractivity contribution in [2.75, 3.05) is 26.1 Å². The maximum atomic E-state index is 12.4. The summed E-state index contributed by atoms with van der Waals surface area (Å²) in [5, 5.41) is 2.76. The van der Waals surface area contributed by atoms with Crippen LogP contribution < -0.4 is 19.5 Å². The van der Waals surface area contributed by atoms with E-state index in [-0.39, 0.29) is 5.78 Å². The maximum Gasteiger partial charge on any atom is 0.412 e. The molecule has 2 aromatic rings. The Morgan fingerprint density at radius 2 is 1.92 bits per heavy atom. The zero-order valence-electron chi connectivity index (χ0n) is 21.3. The molecule has 9 nitrogen and oxygen atoms in total. The third-order valence-electron chi connectivity index (χ3n) is 6.26. The summed E-state index contributed by atoms with van der Waals surface area (Å²) in [6.07, 6.45) is 3.94. The predicted molar refractivity (Wildman–Crippen MR) is 139 cm³/mol. The zero-order valence-corrected chi connectivity index (χ0v) is 22.1. The SMILES string of the molecule is CCC1(CC)OC(=O)Nc2ccc(OCCCC=[N+](OS)c3ccc(OC)c(OC)c3C(C)=O)cc21. The summed E-state index contributed by atoms with van der Waals surface area (Å²) in [6.45, 7) is 5.90. The number of fused-ring (bicyclic) bond motifs is 1. The van der Waals surface area contributed by atoms with Crippen LogP contribution in [-0.4, -0.2) is 43.7 Å². The quantitative estimate of drug-likeness (QED) is 0.0695. The van der Waals surface area contributed by atoms with Gasteiger partial charge in [0.1, 0.15) is 29.8 Å². The van der Waals surface area contributed by atoms with Crippen molar-refractivity contribution < 1.29 is 37.6 Å². The largest absolute Gasteiger partial charge is 0.494 e. The number of benzene rings is 2. The number of carbonyl (C=O) groups is 2. The van der Waals surface area contributed by atoms with Crippen LogP contribution in [0.1, 0.15) is 62.4 Å². The van der Waals surface area contributed by atoms with E-state index in [1.54, 1.807) is 18.3 Å². The van der Waals surface area contributed by atoms with Gasteiger partial charge in [-0.05, 0) is 50.5 Å². The molecular weight excluding hydrogens is 484 g/mol. The number of thiol groups is 1. The number of nitrogens with zero attached hydrogens (tertiary/aromatic N) is 1. The molecule has 1 N–H and O–H groups in total. The van der Waals surface area contributed by atoms with Crippen LogP contribution in [0.15, 0.2) is 30.3 Å². The number of rotatable bonds is 12. The number of hydrogen-bond acceptors (Lipinski definition) is 8. The number of nitrogens with one attached hydrogen (secondary N) is 1. The van der Waals surface area contributed by atoms with Crippen LogP contribution in [0.3, 0.4) is 0 Å². The van der Waals surface area contributed by atoms with E-state index in [2.05, 4.69) is 18.2 Å². The average Bonchev–Trinajstić information content (AvgIpc) is 2.89. The van der Waals surface area contributed by atoms with Crippen molar-refractivity contribution in [1.29, 1.82) is 0 Å². The molecule has 0 unspecified atom stereocenters. The van der Waals surface area contributed by atoms with Gasteiger partial charge in [-0.3, -0.25) is 10.1 Å². The molecule has 0 aliphatic carbocycles. The molecule has 1 heterocycles. The van der Waals surface area contributed by atoms with Crippen molar-refractivity contribution in [2.45, 2.75) is 52.1 Å². The van der Waals surface area contributed by atoms with Gasteiger partial charge in [-0.25, -0.2) is 4.79 Å². The van der Waals surface area contributed by atoms with Crippen molar-refractivity contribution >= 4 is 42.4 Å². The van der Waals surface area contributed by atoms with Crippen LogP contribution >= 0.6 is 12.9 Å². The Labute approximate surface area is 216 Å². The summed E-state index contributed by atoms with van der Waals surface area (Å²) in [6, 6.07) is 9.01. The van der Waals surface area contributed by atoms with Crippen LogP contribution in [-0.2, 0) is 14.6 Å². The average molecular weight is 518 g/mol. The number of Topliss-reactive ketones (excluding diaryl/α,β-unsaturated/α-hetero) is 1. The lowest BCUT2D eigenvalue weighted by molar-refractivity contribution is -0.672. The Morgan fingerprint density at radius 1 is 1.17 bits per heavy atom. The minimum Gasteiger partial charge on any atom is -0.494 e. The minimum absolute atomic E-state index is 0.198. The molecular formula is C26H33N2O7S+. The molecule has 0 saturated heterocycles. The molecule has 0 radical (unpaired) electrons. The topological polar surface area (TPSA) is 95.3 Å². The number of ketones is 1. The number of unbranched alkanes of at least 4 members (excludes halogenated alkanes) is 1. The fourth-order valence-electron chi connectivity index (χ4n) is 4.34. The lowest BCUT2D eigenvalue weighted by Crippen LogP contribution is -2.38. The first-order chi connectivity index (χ1) is 17.3. The standard InChI is InChI=1S/C26H32N2O7S/c1-6-26(7-2)19-16-18(10-11-20(19)27-25(30)34-26)33-15-9-8-14-28(35-36)21-12-13-22(31-4)24(32-5)23(21)17(3)29/h10-14,16H,6-9,15H2,1-5H3,(H-,27,30,36)/p+1. The molecule has 0 fully saturated rings. The summed E-state index contributed by atoms with van der Waals surface area (Å²) in [5.41, 5.74) is 1.81. The first-order valence-electron chi connectivity index (χ1n) is 11.8. The Morgan fingerprint density at radius 3 is 2.53 bits per heavy atom. The molecule has 10 heteroatoms. The Kier molecular flexibility index (Phi) is 9.08. The third kappa shape index (κ3) is 5.53. The van der Waals surface area contributed by atoms with Gasteiger partial charge < -0.3 is 18.9 Å².